The van der Waals surface area contributed by atoms with E-state index in [1.807, 2.05) is 0 Å². The molecule has 0 saturated carbocycles. The van der Waals surface area contributed by atoms with Crippen LogP contribution in [-0.4, -0.2) is 0 Å². The van der Waals surface area contributed by atoms with Crippen LogP contribution in [0.15, 0.2) is 0 Å². The maximum absolute atomic E-state index is 12.4. The molecule has 2 rings (SSSR count). The summed E-state index contributed by atoms with van der Waals surface area (Å²) in [4.78, 5) is 0. The van der Waals surface area contributed by atoms with E-state index in [1.165, 1.54) is 12.1 Å². The second-order valence-corrected chi connectivity index (χ2v) is 4.01. The van der Waals surface area contributed by atoms with Gasteiger partial charge in [-0.25, -0.2) is 17.6 Å². The first-order chi connectivity index (χ1) is 10.1. The van der Waals surface area contributed by atoms with Crippen molar-refractivity contribution >= 4 is 0 Å². The Balaban J connectivity index is 0.000000403. The average molecular weight is 415 g/mol. The summed E-state index contributed by atoms with van der Waals surface area (Å²) < 4.78 is 98.2. The second kappa shape index (κ2) is 8.73. The van der Waals surface area contributed by atoms with E-state index in [4.69, 9.17) is 0 Å². The number of halogens is 8. The Morgan fingerprint density at radius 2 is 0.652 bits per heavy atom. The summed E-state index contributed by atoms with van der Waals surface area (Å²) in [6.45, 7) is 1.90. The normalized spacial score (nSPS) is 9.83. The monoisotopic (exact) mass is 415 g/mol. The molecule has 1 radical (unpaired) electrons. The zero-order valence-electron chi connectivity index (χ0n) is 11.6. The maximum Gasteiger partial charge on any atom is 0.0493 e. The summed E-state index contributed by atoms with van der Waals surface area (Å²) >= 11 is 0. The minimum Gasteiger partial charge on any atom is -0.281 e. The molecule has 0 bridgehead atoms. The molecule has 0 aromatic heterocycles. The summed E-state index contributed by atoms with van der Waals surface area (Å²) in [5.41, 5.74) is -1.34. The summed E-state index contributed by atoms with van der Waals surface area (Å²) in [6, 6.07) is 2.53. The van der Waals surface area contributed by atoms with Crippen LogP contribution in [0.5, 0.6) is 0 Å². The van der Waals surface area contributed by atoms with Crippen molar-refractivity contribution in [1.29, 1.82) is 0 Å². The molecule has 0 aliphatic heterocycles. The van der Waals surface area contributed by atoms with Crippen LogP contribution in [0.2, 0.25) is 0 Å². The Bertz CT molecular complexity index is 601. The molecule has 0 N–H and O–H groups in total. The van der Waals surface area contributed by atoms with Gasteiger partial charge in [0.1, 0.15) is 0 Å². The topological polar surface area (TPSA) is 0 Å². The minimum atomic E-state index is -1.50. The van der Waals surface area contributed by atoms with Gasteiger partial charge < -0.3 is 0 Å². The SMILES string of the molecule is Cc1c(F)c(F)[c-]c(F)c1F.Cc1c(F)c(F)[c-]c(F)c1F.[Y]. The first-order valence-corrected chi connectivity index (χ1v) is 5.51. The van der Waals surface area contributed by atoms with Crippen LogP contribution in [0, 0.1) is 72.5 Å². The van der Waals surface area contributed by atoms with Crippen LogP contribution in [0.25, 0.3) is 0 Å². The molecule has 123 valence electrons. The van der Waals surface area contributed by atoms with Crippen LogP contribution >= 0.6 is 0 Å². The molecule has 0 aliphatic carbocycles. The summed E-state index contributed by atoms with van der Waals surface area (Å²) in [7, 11) is 0. The molecule has 0 aliphatic rings. The summed E-state index contributed by atoms with van der Waals surface area (Å²) in [6.07, 6.45) is 0. The first-order valence-electron chi connectivity index (χ1n) is 5.51. The molecule has 9 heteroatoms. The van der Waals surface area contributed by atoms with Crippen LogP contribution in [0.1, 0.15) is 11.1 Å². The molecule has 0 atom stereocenters. The van der Waals surface area contributed by atoms with Crippen molar-refractivity contribution < 1.29 is 67.8 Å². The van der Waals surface area contributed by atoms with Gasteiger partial charge in [0.2, 0.25) is 0 Å². The number of hydrogen-bond donors (Lipinski definition) is 0. The number of hydrogen-bond acceptors (Lipinski definition) is 0. The van der Waals surface area contributed by atoms with Crippen molar-refractivity contribution in [2.75, 3.05) is 0 Å². The summed E-state index contributed by atoms with van der Waals surface area (Å²) in [5, 5.41) is 0. The molecule has 0 saturated heterocycles. The Morgan fingerprint density at radius 1 is 0.478 bits per heavy atom. The predicted molar refractivity (Wildman–Crippen MR) is 59.7 cm³/mol. The number of benzene rings is 2. The smallest absolute Gasteiger partial charge is 0.0493 e. The zero-order chi connectivity index (χ0) is 17.2. The fraction of sp³-hybridized carbons (Fsp3) is 0.143. The Morgan fingerprint density at radius 3 is 0.826 bits per heavy atom. The fourth-order valence-electron chi connectivity index (χ4n) is 1.26. The molecule has 0 unspecified atom stereocenters. The van der Waals surface area contributed by atoms with Crippen molar-refractivity contribution in [2.24, 2.45) is 0 Å². The van der Waals surface area contributed by atoms with Crippen molar-refractivity contribution in [1.82, 2.24) is 0 Å². The third-order valence-electron chi connectivity index (χ3n) is 2.53. The van der Waals surface area contributed by atoms with Gasteiger partial charge in [-0.2, -0.15) is 0 Å². The minimum absolute atomic E-state index is 0. The molecule has 23 heavy (non-hydrogen) atoms. The molecule has 0 spiro atoms. The van der Waals surface area contributed by atoms with E-state index in [1.54, 1.807) is 0 Å². The van der Waals surface area contributed by atoms with Gasteiger partial charge in [0.25, 0.3) is 0 Å². The Hall–Kier alpha value is -1.02. The van der Waals surface area contributed by atoms with Gasteiger partial charge in [0.05, 0.1) is 0 Å². The van der Waals surface area contributed by atoms with Gasteiger partial charge in [-0.3, -0.25) is 17.6 Å². The fourth-order valence-corrected chi connectivity index (χ4v) is 1.26. The summed E-state index contributed by atoms with van der Waals surface area (Å²) in [5.74, 6) is -11.6. The van der Waals surface area contributed by atoms with Crippen LogP contribution in [0.4, 0.5) is 35.1 Å². The third-order valence-corrected chi connectivity index (χ3v) is 2.53. The van der Waals surface area contributed by atoms with Crippen LogP contribution in [-0.2, 0) is 32.7 Å². The molecule has 0 fully saturated rings. The van der Waals surface area contributed by atoms with E-state index in [0.717, 1.165) is 13.8 Å². The molecule has 2 aromatic rings. The molecule has 0 heterocycles. The quantitative estimate of drug-likeness (QED) is 0.333. The van der Waals surface area contributed by atoms with Crippen LogP contribution in [0.3, 0.4) is 0 Å². The van der Waals surface area contributed by atoms with E-state index in [-0.39, 0.29) is 32.7 Å². The van der Waals surface area contributed by atoms with E-state index in [0.29, 0.717) is 0 Å². The maximum atomic E-state index is 12.4. The molecular weight excluding hydrogens is 409 g/mol. The van der Waals surface area contributed by atoms with Crippen molar-refractivity contribution in [3.63, 3.8) is 0 Å². The van der Waals surface area contributed by atoms with Crippen molar-refractivity contribution in [3.8, 4) is 0 Å². The van der Waals surface area contributed by atoms with Gasteiger partial charge >= 0.3 is 0 Å². The number of rotatable bonds is 0. The molecule has 2 aromatic carbocycles. The van der Waals surface area contributed by atoms with E-state index < -0.39 is 57.7 Å². The van der Waals surface area contributed by atoms with Gasteiger partial charge in [0, 0.05) is 79.2 Å². The standard InChI is InChI=1S/2C7H3F4.Y/c2*1-3-6(10)4(8)2-5(9)7(3)11;/h2*1H3;/q2*-1;. The predicted octanol–water partition coefficient (Wildman–Crippen LogP) is 4.70. The van der Waals surface area contributed by atoms with E-state index >= 15 is 0 Å². The van der Waals surface area contributed by atoms with Gasteiger partial charge in [-0.15, -0.1) is 12.1 Å². The van der Waals surface area contributed by atoms with Crippen molar-refractivity contribution in [2.45, 2.75) is 13.8 Å². The first kappa shape index (κ1) is 22.0. The molecule has 0 nitrogen and oxygen atoms in total. The molecular formula is C14H6F8Y-2. The third kappa shape index (κ3) is 4.98. The van der Waals surface area contributed by atoms with Crippen molar-refractivity contribution in [3.05, 3.63) is 69.8 Å². The van der Waals surface area contributed by atoms with E-state index in [2.05, 4.69) is 0 Å². The largest absolute Gasteiger partial charge is 0.281 e. The van der Waals surface area contributed by atoms with Gasteiger partial charge in [0.15, 0.2) is 0 Å². The molecule has 0 amide bonds. The second-order valence-electron chi connectivity index (χ2n) is 4.01. The average Bonchev–Trinajstić information content (AvgIpc) is 2.47. The zero-order valence-corrected chi connectivity index (χ0v) is 14.4. The Kier molecular flexibility index (Phi) is 8.34. The van der Waals surface area contributed by atoms with Gasteiger partial charge in [-0.1, -0.05) is 25.0 Å². The van der Waals surface area contributed by atoms with Crippen LogP contribution < -0.4 is 0 Å². The van der Waals surface area contributed by atoms with Gasteiger partial charge in [-0.05, 0) is 0 Å². The Labute approximate surface area is 151 Å². The van der Waals surface area contributed by atoms with E-state index in [9.17, 15) is 35.1 Å².